The van der Waals surface area contributed by atoms with Crippen LogP contribution in [-0.2, 0) is 0 Å². The van der Waals surface area contributed by atoms with Gasteiger partial charge in [-0.05, 0) is 36.8 Å². The van der Waals surface area contributed by atoms with Gasteiger partial charge in [0.1, 0.15) is 11.6 Å². The normalized spacial score (nSPS) is 10.1. The molecule has 2 aromatic rings. The number of carbonyl (C=O) groups excluding carboxylic acids is 1. The van der Waals surface area contributed by atoms with Crippen molar-refractivity contribution in [2.75, 3.05) is 18.5 Å². The van der Waals surface area contributed by atoms with Crippen LogP contribution in [-0.4, -0.2) is 19.2 Å². The summed E-state index contributed by atoms with van der Waals surface area (Å²) in [7, 11) is 0. The number of halogens is 2. The fraction of sp³-hybridized carbons (Fsp3) is 0.188. The number of ether oxygens (including phenoxy) is 1. The summed E-state index contributed by atoms with van der Waals surface area (Å²) in [5, 5.41) is 5.23. The molecule has 6 heteroatoms. The van der Waals surface area contributed by atoms with Gasteiger partial charge >= 0.3 is 6.03 Å². The fourth-order valence-electron chi connectivity index (χ4n) is 1.73. The molecule has 2 amide bonds. The van der Waals surface area contributed by atoms with Crippen molar-refractivity contribution in [1.29, 1.82) is 0 Å². The van der Waals surface area contributed by atoms with E-state index in [2.05, 4.69) is 10.6 Å². The molecule has 0 aliphatic rings. The van der Waals surface area contributed by atoms with Gasteiger partial charge in [-0.15, -0.1) is 0 Å². The van der Waals surface area contributed by atoms with Gasteiger partial charge in [0.25, 0.3) is 0 Å². The third-order valence-corrected chi connectivity index (χ3v) is 3.09. The number of anilines is 1. The van der Waals surface area contributed by atoms with Crippen LogP contribution >= 0.6 is 11.6 Å². The van der Waals surface area contributed by atoms with E-state index in [1.54, 1.807) is 0 Å². The minimum absolute atomic E-state index is 0.0333. The van der Waals surface area contributed by atoms with E-state index in [0.717, 1.165) is 5.75 Å². The lowest BCUT2D eigenvalue weighted by Gasteiger charge is -2.09. The number of hydrogen-bond donors (Lipinski definition) is 2. The summed E-state index contributed by atoms with van der Waals surface area (Å²) in [5.41, 5.74) is 0.435. The molecule has 0 unspecified atom stereocenters. The van der Waals surface area contributed by atoms with Gasteiger partial charge in [0, 0.05) is 12.2 Å². The zero-order chi connectivity index (χ0) is 15.8. The molecule has 0 atom stereocenters. The van der Waals surface area contributed by atoms with Gasteiger partial charge in [0.15, 0.2) is 0 Å². The van der Waals surface area contributed by atoms with Crippen molar-refractivity contribution in [3.8, 4) is 5.75 Å². The Morgan fingerprint density at radius 1 is 1.18 bits per heavy atom. The highest BCUT2D eigenvalue weighted by Gasteiger charge is 2.04. The third-order valence-electron chi connectivity index (χ3n) is 2.80. The number of amides is 2. The van der Waals surface area contributed by atoms with Gasteiger partial charge in [0.2, 0.25) is 0 Å². The Labute approximate surface area is 133 Å². The van der Waals surface area contributed by atoms with Crippen LogP contribution < -0.4 is 15.4 Å². The summed E-state index contributed by atoms with van der Waals surface area (Å²) >= 11 is 5.64. The van der Waals surface area contributed by atoms with E-state index in [-0.39, 0.29) is 11.1 Å². The maximum Gasteiger partial charge on any atom is 0.319 e. The first kappa shape index (κ1) is 16.1. The summed E-state index contributed by atoms with van der Waals surface area (Å²) in [4.78, 5) is 11.6. The van der Waals surface area contributed by atoms with E-state index in [9.17, 15) is 9.18 Å². The average Bonchev–Trinajstić information content (AvgIpc) is 2.52. The molecular formula is C16H16ClFN2O2. The van der Waals surface area contributed by atoms with Gasteiger partial charge in [-0.3, -0.25) is 0 Å². The molecule has 0 saturated heterocycles. The molecule has 0 aromatic heterocycles. The predicted octanol–water partition coefficient (Wildman–Crippen LogP) is 4.07. The molecule has 2 N–H and O–H groups in total. The van der Waals surface area contributed by atoms with Crippen molar-refractivity contribution in [2.24, 2.45) is 0 Å². The van der Waals surface area contributed by atoms with Gasteiger partial charge in [-0.2, -0.15) is 0 Å². The molecule has 0 saturated carbocycles. The van der Waals surface area contributed by atoms with Crippen LogP contribution in [0.1, 0.15) is 6.42 Å². The van der Waals surface area contributed by atoms with E-state index < -0.39 is 5.82 Å². The zero-order valence-corrected chi connectivity index (χ0v) is 12.6. The highest BCUT2D eigenvalue weighted by atomic mass is 35.5. The van der Waals surface area contributed by atoms with Gasteiger partial charge < -0.3 is 15.4 Å². The standard InChI is InChI=1S/C16H16ClFN2O2/c17-14-11-12(7-8-15(14)18)20-16(21)19-9-4-10-22-13-5-2-1-3-6-13/h1-3,5-8,11H,4,9-10H2,(H2,19,20,21). The van der Waals surface area contributed by atoms with Crippen LogP contribution in [0.2, 0.25) is 5.02 Å². The van der Waals surface area contributed by atoms with Crippen LogP contribution in [0.3, 0.4) is 0 Å². The number of urea groups is 1. The molecule has 0 aliphatic carbocycles. The highest BCUT2D eigenvalue weighted by Crippen LogP contribution is 2.19. The molecule has 4 nitrogen and oxygen atoms in total. The number of nitrogens with one attached hydrogen (secondary N) is 2. The molecule has 0 heterocycles. The monoisotopic (exact) mass is 322 g/mol. The Bertz CT molecular complexity index is 623. The van der Waals surface area contributed by atoms with Gasteiger partial charge in [-0.25, -0.2) is 9.18 Å². The number of para-hydroxylation sites is 1. The van der Waals surface area contributed by atoms with Crippen LogP contribution in [0.15, 0.2) is 48.5 Å². The van der Waals surface area contributed by atoms with E-state index in [1.807, 2.05) is 30.3 Å². The van der Waals surface area contributed by atoms with Crippen molar-refractivity contribution in [2.45, 2.75) is 6.42 Å². The first-order valence-electron chi connectivity index (χ1n) is 6.83. The van der Waals surface area contributed by atoms with Crippen molar-refractivity contribution in [3.63, 3.8) is 0 Å². The number of hydrogen-bond acceptors (Lipinski definition) is 2. The van der Waals surface area contributed by atoms with Crippen molar-refractivity contribution in [1.82, 2.24) is 5.32 Å². The summed E-state index contributed by atoms with van der Waals surface area (Å²) in [5.74, 6) is 0.276. The lowest BCUT2D eigenvalue weighted by molar-refractivity contribution is 0.250. The minimum atomic E-state index is -0.523. The van der Waals surface area contributed by atoms with Crippen LogP contribution in [0.4, 0.5) is 14.9 Å². The molecule has 22 heavy (non-hydrogen) atoms. The number of rotatable bonds is 6. The Hall–Kier alpha value is -2.27. The minimum Gasteiger partial charge on any atom is -0.494 e. The second kappa shape index (κ2) is 8.24. The smallest absolute Gasteiger partial charge is 0.319 e. The zero-order valence-electron chi connectivity index (χ0n) is 11.8. The first-order valence-corrected chi connectivity index (χ1v) is 7.21. The van der Waals surface area contributed by atoms with Crippen LogP contribution in [0.5, 0.6) is 5.75 Å². The third kappa shape index (κ3) is 5.26. The second-order valence-electron chi connectivity index (χ2n) is 4.52. The Balaban J connectivity index is 1.64. The van der Waals surface area contributed by atoms with Crippen molar-refractivity contribution in [3.05, 3.63) is 59.4 Å². The number of carbonyl (C=O) groups is 1. The maximum atomic E-state index is 13.0. The SMILES string of the molecule is O=C(NCCCOc1ccccc1)Nc1ccc(F)c(Cl)c1. The maximum absolute atomic E-state index is 13.0. The largest absolute Gasteiger partial charge is 0.494 e. The van der Waals surface area contributed by atoms with E-state index in [1.165, 1.54) is 18.2 Å². The molecule has 116 valence electrons. The molecule has 0 radical (unpaired) electrons. The second-order valence-corrected chi connectivity index (χ2v) is 4.93. The Morgan fingerprint density at radius 2 is 1.95 bits per heavy atom. The number of benzene rings is 2. The molecule has 2 rings (SSSR count). The van der Waals surface area contributed by atoms with Crippen molar-refractivity contribution >= 4 is 23.3 Å². The quantitative estimate of drug-likeness (QED) is 0.788. The topological polar surface area (TPSA) is 50.4 Å². The summed E-state index contributed by atoms with van der Waals surface area (Å²) in [6, 6.07) is 13.1. The lowest BCUT2D eigenvalue weighted by atomic mass is 10.3. The summed E-state index contributed by atoms with van der Waals surface area (Å²) in [6.07, 6.45) is 0.673. The van der Waals surface area contributed by atoms with Crippen LogP contribution in [0.25, 0.3) is 0 Å². The van der Waals surface area contributed by atoms with Crippen LogP contribution in [0, 0.1) is 5.82 Å². The van der Waals surface area contributed by atoms with Gasteiger partial charge in [-0.1, -0.05) is 29.8 Å². The van der Waals surface area contributed by atoms with E-state index in [0.29, 0.717) is 25.3 Å². The molecule has 2 aromatic carbocycles. The highest BCUT2D eigenvalue weighted by molar-refractivity contribution is 6.31. The van der Waals surface area contributed by atoms with Crippen molar-refractivity contribution < 1.29 is 13.9 Å². The van der Waals surface area contributed by atoms with E-state index in [4.69, 9.17) is 16.3 Å². The summed E-state index contributed by atoms with van der Waals surface area (Å²) in [6.45, 7) is 0.972. The Kier molecular flexibility index (Phi) is 6.03. The van der Waals surface area contributed by atoms with E-state index >= 15 is 0 Å². The predicted molar refractivity (Wildman–Crippen MR) is 85.0 cm³/mol. The Morgan fingerprint density at radius 3 is 2.68 bits per heavy atom. The molecule has 0 fully saturated rings. The average molecular weight is 323 g/mol. The fourth-order valence-corrected chi connectivity index (χ4v) is 1.91. The first-order chi connectivity index (χ1) is 10.6. The molecule has 0 bridgehead atoms. The summed E-state index contributed by atoms with van der Waals surface area (Å²) < 4.78 is 18.5. The lowest BCUT2D eigenvalue weighted by Crippen LogP contribution is -2.30. The van der Waals surface area contributed by atoms with Gasteiger partial charge in [0.05, 0.1) is 11.6 Å². The molecule has 0 spiro atoms. The molecular weight excluding hydrogens is 307 g/mol. The molecule has 0 aliphatic heterocycles.